The molecule has 0 bridgehead atoms. The van der Waals surface area contributed by atoms with Gasteiger partial charge in [0, 0.05) is 24.2 Å². The van der Waals surface area contributed by atoms with Crippen LogP contribution in [0.3, 0.4) is 0 Å². The Morgan fingerprint density at radius 2 is 2.00 bits per heavy atom. The lowest BCUT2D eigenvalue weighted by atomic mass is 9.88. The van der Waals surface area contributed by atoms with Gasteiger partial charge in [0.2, 0.25) is 5.95 Å². The molecule has 104 valence electrons. The second-order valence-corrected chi connectivity index (χ2v) is 5.85. The highest BCUT2D eigenvalue weighted by molar-refractivity contribution is 5.88. The number of aromatic amines is 1. The molecule has 0 aliphatic rings. The van der Waals surface area contributed by atoms with Crippen molar-refractivity contribution in [3.63, 3.8) is 0 Å². The smallest absolute Gasteiger partial charge is 0.222 e. The second kappa shape index (κ2) is 4.03. The van der Waals surface area contributed by atoms with Crippen LogP contribution in [0.1, 0.15) is 26.5 Å². The standard InChI is InChI=1S/C13H17N7/c1-13(2,3)10-7(5-20(4)19-10)8-9-11(16-6-15-9)18-12(14)17-8/h5-6H,1-4H3,(H3,14,15,16,17,18). The maximum atomic E-state index is 5.78. The summed E-state index contributed by atoms with van der Waals surface area (Å²) < 4.78 is 1.79. The quantitative estimate of drug-likeness (QED) is 0.701. The van der Waals surface area contributed by atoms with Crippen LogP contribution in [0.15, 0.2) is 12.5 Å². The number of nitrogens with one attached hydrogen (secondary N) is 1. The van der Waals surface area contributed by atoms with Gasteiger partial charge < -0.3 is 10.7 Å². The average molecular weight is 271 g/mol. The van der Waals surface area contributed by atoms with Crippen LogP contribution in [-0.4, -0.2) is 29.7 Å². The zero-order valence-corrected chi connectivity index (χ0v) is 12.0. The van der Waals surface area contributed by atoms with Gasteiger partial charge in [-0.05, 0) is 0 Å². The average Bonchev–Trinajstić information content (AvgIpc) is 2.92. The fourth-order valence-electron chi connectivity index (χ4n) is 2.26. The van der Waals surface area contributed by atoms with Crippen molar-refractivity contribution >= 4 is 17.1 Å². The summed E-state index contributed by atoms with van der Waals surface area (Å²) in [4.78, 5) is 15.7. The number of aromatic nitrogens is 6. The Morgan fingerprint density at radius 1 is 1.25 bits per heavy atom. The third kappa shape index (κ3) is 1.91. The summed E-state index contributed by atoms with van der Waals surface area (Å²) in [6.45, 7) is 6.36. The number of aryl methyl sites for hydroxylation is 1. The highest BCUT2D eigenvalue weighted by Gasteiger charge is 2.25. The van der Waals surface area contributed by atoms with Gasteiger partial charge in [-0.3, -0.25) is 4.68 Å². The first kappa shape index (κ1) is 12.6. The molecule has 3 rings (SSSR count). The number of nitrogens with zero attached hydrogens (tertiary/aromatic N) is 5. The summed E-state index contributed by atoms with van der Waals surface area (Å²) in [6, 6.07) is 0. The van der Waals surface area contributed by atoms with Crippen molar-refractivity contribution in [2.24, 2.45) is 7.05 Å². The van der Waals surface area contributed by atoms with Crippen LogP contribution in [0.25, 0.3) is 22.4 Å². The molecular weight excluding hydrogens is 254 g/mol. The highest BCUT2D eigenvalue weighted by Crippen LogP contribution is 2.33. The van der Waals surface area contributed by atoms with E-state index in [0.717, 1.165) is 22.5 Å². The molecule has 20 heavy (non-hydrogen) atoms. The Bertz CT molecular complexity index is 776. The van der Waals surface area contributed by atoms with Gasteiger partial charge >= 0.3 is 0 Å². The molecule has 3 aromatic rings. The fourth-order valence-corrected chi connectivity index (χ4v) is 2.26. The van der Waals surface area contributed by atoms with Crippen molar-refractivity contribution < 1.29 is 0 Å². The van der Waals surface area contributed by atoms with E-state index in [1.807, 2.05) is 13.2 Å². The third-order valence-corrected chi connectivity index (χ3v) is 3.10. The van der Waals surface area contributed by atoms with E-state index in [1.54, 1.807) is 11.0 Å². The van der Waals surface area contributed by atoms with Crippen molar-refractivity contribution in [2.45, 2.75) is 26.2 Å². The van der Waals surface area contributed by atoms with Crippen molar-refractivity contribution in [2.75, 3.05) is 5.73 Å². The van der Waals surface area contributed by atoms with Crippen LogP contribution in [0.5, 0.6) is 0 Å². The first-order valence-electron chi connectivity index (χ1n) is 6.37. The van der Waals surface area contributed by atoms with Crippen LogP contribution in [0, 0.1) is 0 Å². The number of rotatable bonds is 1. The number of anilines is 1. The van der Waals surface area contributed by atoms with Gasteiger partial charge in [0.1, 0.15) is 11.2 Å². The lowest BCUT2D eigenvalue weighted by Gasteiger charge is -2.17. The minimum absolute atomic E-state index is 0.0946. The minimum Gasteiger partial charge on any atom is -0.368 e. The van der Waals surface area contributed by atoms with Crippen molar-refractivity contribution in [1.29, 1.82) is 0 Å². The van der Waals surface area contributed by atoms with E-state index in [0.29, 0.717) is 5.65 Å². The molecule has 0 spiro atoms. The lowest BCUT2D eigenvalue weighted by molar-refractivity contribution is 0.554. The van der Waals surface area contributed by atoms with Gasteiger partial charge in [-0.1, -0.05) is 20.8 Å². The summed E-state index contributed by atoms with van der Waals surface area (Å²) in [7, 11) is 1.90. The normalized spacial score (nSPS) is 12.2. The van der Waals surface area contributed by atoms with E-state index < -0.39 is 0 Å². The van der Waals surface area contributed by atoms with Crippen LogP contribution in [0.4, 0.5) is 5.95 Å². The molecule has 0 aliphatic carbocycles. The number of hydrogen-bond donors (Lipinski definition) is 2. The molecule has 0 saturated heterocycles. The molecule has 0 saturated carbocycles. The summed E-state index contributed by atoms with van der Waals surface area (Å²) in [5.74, 6) is 0.211. The third-order valence-electron chi connectivity index (χ3n) is 3.10. The van der Waals surface area contributed by atoms with Gasteiger partial charge in [0.15, 0.2) is 5.65 Å². The van der Waals surface area contributed by atoms with E-state index in [-0.39, 0.29) is 11.4 Å². The van der Waals surface area contributed by atoms with Crippen molar-refractivity contribution in [3.8, 4) is 11.3 Å². The molecule has 0 amide bonds. The first-order chi connectivity index (χ1) is 9.36. The van der Waals surface area contributed by atoms with E-state index in [9.17, 15) is 0 Å². The largest absolute Gasteiger partial charge is 0.368 e. The molecule has 3 heterocycles. The zero-order chi connectivity index (χ0) is 14.5. The van der Waals surface area contributed by atoms with E-state index in [4.69, 9.17) is 5.73 Å². The molecule has 0 radical (unpaired) electrons. The van der Waals surface area contributed by atoms with E-state index in [2.05, 4.69) is 45.8 Å². The maximum Gasteiger partial charge on any atom is 0.222 e. The summed E-state index contributed by atoms with van der Waals surface area (Å²) in [5.41, 5.74) is 9.68. The van der Waals surface area contributed by atoms with E-state index >= 15 is 0 Å². The summed E-state index contributed by atoms with van der Waals surface area (Å²) in [5, 5.41) is 4.56. The van der Waals surface area contributed by atoms with Crippen LogP contribution < -0.4 is 5.73 Å². The van der Waals surface area contributed by atoms with Crippen LogP contribution in [-0.2, 0) is 12.5 Å². The van der Waals surface area contributed by atoms with Gasteiger partial charge in [0.25, 0.3) is 0 Å². The molecule has 0 aromatic carbocycles. The summed E-state index contributed by atoms with van der Waals surface area (Å²) in [6.07, 6.45) is 3.54. The molecule has 0 unspecified atom stereocenters. The second-order valence-electron chi connectivity index (χ2n) is 5.85. The Morgan fingerprint density at radius 3 is 2.70 bits per heavy atom. The molecule has 7 nitrogen and oxygen atoms in total. The molecule has 3 aromatic heterocycles. The zero-order valence-electron chi connectivity index (χ0n) is 12.0. The number of hydrogen-bond acceptors (Lipinski definition) is 5. The Labute approximate surface area is 116 Å². The van der Waals surface area contributed by atoms with Crippen molar-refractivity contribution in [1.82, 2.24) is 29.7 Å². The van der Waals surface area contributed by atoms with Gasteiger partial charge in [0.05, 0.1) is 12.0 Å². The maximum absolute atomic E-state index is 5.78. The fraction of sp³-hybridized carbons (Fsp3) is 0.385. The predicted octanol–water partition coefficient (Wildman–Crippen LogP) is 1.63. The van der Waals surface area contributed by atoms with Gasteiger partial charge in [-0.25, -0.2) is 9.97 Å². The molecule has 3 N–H and O–H groups in total. The first-order valence-corrected chi connectivity index (χ1v) is 6.37. The molecule has 0 atom stereocenters. The molecular formula is C13H17N7. The number of fused-ring (bicyclic) bond motifs is 1. The van der Waals surface area contributed by atoms with Crippen LogP contribution in [0.2, 0.25) is 0 Å². The number of nitrogen functional groups attached to an aromatic ring is 1. The Balaban J connectivity index is 2.34. The summed E-state index contributed by atoms with van der Waals surface area (Å²) >= 11 is 0. The molecule has 7 heteroatoms. The molecule has 0 fully saturated rings. The number of imidazole rings is 1. The number of H-pyrrole nitrogens is 1. The van der Waals surface area contributed by atoms with Gasteiger partial charge in [-0.15, -0.1) is 0 Å². The van der Waals surface area contributed by atoms with Crippen LogP contribution >= 0.6 is 0 Å². The SMILES string of the molecule is Cn1cc(-c2nc(N)nc3nc[nH]c23)c(C(C)(C)C)n1. The highest BCUT2D eigenvalue weighted by atomic mass is 15.3. The Kier molecular flexibility index (Phi) is 2.53. The minimum atomic E-state index is -0.0946. The topological polar surface area (TPSA) is 98.3 Å². The van der Waals surface area contributed by atoms with Gasteiger partial charge in [-0.2, -0.15) is 10.1 Å². The number of nitrogens with two attached hydrogens (primary N) is 1. The monoisotopic (exact) mass is 271 g/mol. The molecule has 0 aliphatic heterocycles. The van der Waals surface area contributed by atoms with Crippen molar-refractivity contribution in [3.05, 3.63) is 18.2 Å². The lowest BCUT2D eigenvalue weighted by Crippen LogP contribution is -2.14. The van der Waals surface area contributed by atoms with E-state index in [1.165, 1.54) is 0 Å². The predicted molar refractivity (Wildman–Crippen MR) is 77.0 cm³/mol. The Hall–Kier alpha value is -2.44.